The van der Waals surface area contributed by atoms with Gasteiger partial charge >= 0.3 is 0 Å². The average Bonchev–Trinajstić information content (AvgIpc) is 2.59. The third-order valence-corrected chi connectivity index (χ3v) is 4.16. The van der Waals surface area contributed by atoms with E-state index in [1.807, 2.05) is 25.1 Å². The van der Waals surface area contributed by atoms with E-state index in [-0.39, 0.29) is 6.04 Å². The van der Waals surface area contributed by atoms with E-state index in [9.17, 15) is 0 Å². The van der Waals surface area contributed by atoms with Gasteiger partial charge in [-0.2, -0.15) is 0 Å². The van der Waals surface area contributed by atoms with Crippen LogP contribution in [0.5, 0.6) is 11.5 Å². The van der Waals surface area contributed by atoms with Crippen LogP contribution >= 0.6 is 11.6 Å². The van der Waals surface area contributed by atoms with Gasteiger partial charge in [-0.05, 0) is 44.3 Å². The van der Waals surface area contributed by atoms with Gasteiger partial charge in [-0.15, -0.1) is 0 Å². The van der Waals surface area contributed by atoms with Gasteiger partial charge in [0.2, 0.25) is 0 Å². The highest BCUT2D eigenvalue weighted by Gasteiger charge is 2.15. The summed E-state index contributed by atoms with van der Waals surface area (Å²) < 4.78 is 11.0. The lowest BCUT2D eigenvalue weighted by molar-refractivity contribution is 0.310. The Kier molecular flexibility index (Phi) is 7.56. The van der Waals surface area contributed by atoms with Crippen molar-refractivity contribution in [2.45, 2.75) is 19.5 Å². The van der Waals surface area contributed by atoms with Crippen LogP contribution in [0.4, 0.5) is 0 Å². The summed E-state index contributed by atoms with van der Waals surface area (Å²) in [4.78, 5) is 2.18. The van der Waals surface area contributed by atoms with Crippen LogP contribution < -0.4 is 14.8 Å². The van der Waals surface area contributed by atoms with E-state index in [4.69, 9.17) is 21.1 Å². The number of halogens is 1. The molecule has 0 saturated heterocycles. The molecule has 2 rings (SSSR count). The van der Waals surface area contributed by atoms with Crippen molar-refractivity contribution in [1.29, 1.82) is 0 Å². The van der Waals surface area contributed by atoms with Gasteiger partial charge in [-0.25, -0.2) is 0 Å². The summed E-state index contributed by atoms with van der Waals surface area (Å²) in [6.45, 7) is 4.11. The van der Waals surface area contributed by atoms with Crippen LogP contribution in [-0.2, 0) is 6.54 Å². The Hall–Kier alpha value is -1.75. The van der Waals surface area contributed by atoms with Crippen molar-refractivity contribution >= 4 is 11.6 Å². The molecule has 0 aliphatic heterocycles. The molecule has 1 atom stereocenters. The highest BCUT2D eigenvalue weighted by atomic mass is 35.5. The van der Waals surface area contributed by atoms with Gasteiger partial charge in [0, 0.05) is 19.1 Å². The predicted molar refractivity (Wildman–Crippen MR) is 104 cm³/mol. The van der Waals surface area contributed by atoms with Gasteiger partial charge in [0.15, 0.2) is 11.5 Å². The second kappa shape index (κ2) is 9.66. The minimum absolute atomic E-state index is 0.229. The quantitative estimate of drug-likeness (QED) is 0.727. The molecule has 0 bridgehead atoms. The Balaban J connectivity index is 2.17. The number of hydrogen-bond acceptors (Lipinski definition) is 4. The third-order valence-electron chi connectivity index (χ3n) is 3.88. The molecule has 2 aromatic carbocycles. The van der Waals surface area contributed by atoms with Crippen LogP contribution in [-0.4, -0.2) is 39.3 Å². The van der Waals surface area contributed by atoms with Gasteiger partial charge in [0.05, 0.1) is 18.7 Å². The van der Waals surface area contributed by atoms with Crippen molar-refractivity contribution in [2.75, 3.05) is 34.4 Å². The lowest BCUT2D eigenvalue weighted by Crippen LogP contribution is -2.30. The van der Waals surface area contributed by atoms with Crippen molar-refractivity contribution in [2.24, 2.45) is 0 Å². The third kappa shape index (κ3) is 5.63. The maximum Gasteiger partial charge on any atom is 0.179 e. The summed E-state index contributed by atoms with van der Waals surface area (Å²) in [6, 6.07) is 14.6. The highest BCUT2D eigenvalue weighted by molar-refractivity contribution is 6.32. The van der Waals surface area contributed by atoms with E-state index in [1.54, 1.807) is 7.11 Å². The minimum Gasteiger partial charge on any atom is -0.491 e. The van der Waals surface area contributed by atoms with Crippen LogP contribution in [0.3, 0.4) is 0 Å². The molecule has 0 fully saturated rings. The fourth-order valence-electron chi connectivity index (χ4n) is 2.76. The van der Waals surface area contributed by atoms with Gasteiger partial charge in [-0.3, -0.25) is 0 Å². The zero-order valence-corrected chi connectivity index (χ0v) is 16.1. The van der Waals surface area contributed by atoms with Gasteiger partial charge in [0.1, 0.15) is 0 Å². The first-order valence-corrected chi connectivity index (χ1v) is 8.85. The zero-order chi connectivity index (χ0) is 18.2. The number of benzene rings is 2. The number of methoxy groups -OCH3 is 1. The Labute approximate surface area is 155 Å². The largest absolute Gasteiger partial charge is 0.491 e. The first-order valence-electron chi connectivity index (χ1n) is 8.47. The monoisotopic (exact) mass is 362 g/mol. The van der Waals surface area contributed by atoms with Crippen LogP contribution in [0.1, 0.15) is 24.1 Å². The van der Waals surface area contributed by atoms with Crippen LogP contribution in [0.2, 0.25) is 5.02 Å². The summed E-state index contributed by atoms with van der Waals surface area (Å²) >= 11 is 6.35. The Morgan fingerprint density at radius 3 is 2.48 bits per heavy atom. The number of hydrogen-bond donors (Lipinski definition) is 1. The molecule has 0 heterocycles. The van der Waals surface area contributed by atoms with Crippen LogP contribution in [0.15, 0.2) is 42.5 Å². The lowest BCUT2D eigenvalue weighted by Gasteiger charge is -2.23. The van der Waals surface area contributed by atoms with Crippen molar-refractivity contribution in [3.8, 4) is 11.5 Å². The number of nitrogens with one attached hydrogen (secondary N) is 1. The molecule has 5 heteroatoms. The van der Waals surface area contributed by atoms with E-state index in [0.29, 0.717) is 29.7 Å². The molecule has 0 unspecified atom stereocenters. The number of rotatable bonds is 9. The van der Waals surface area contributed by atoms with E-state index in [1.165, 1.54) is 5.56 Å². The lowest BCUT2D eigenvalue weighted by atomic mass is 10.1. The Bertz CT molecular complexity index is 662. The topological polar surface area (TPSA) is 33.7 Å². The second-order valence-electron chi connectivity index (χ2n) is 6.15. The number of ether oxygens (including phenoxy) is 2. The van der Waals surface area contributed by atoms with Crippen molar-refractivity contribution in [3.05, 3.63) is 58.6 Å². The fraction of sp³-hybridized carbons (Fsp3) is 0.400. The molecule has 0 amide bonds. The SMILES string of the molecule is CCOc1cc(CN[C@@H](CN(C)C)c2ccccc2)cc(Cl)c1OC. The first kappa shape index (κ1) is 19.6. The second-order valence-corrected chi connectivity index (χ2v) is 6.56. The summed E-state index contributed by atoms with van der Waals surface area (Å²) in [6.07, 6.45) is 0. The first-order chi connectivity index (χ1) is 12.0. The molecule has 2 aromatic rings. The van der Waals surface area contributed by atoms with Crippen LogP contribution in [0, 0.1) is 0 Å². The summed E-state index contributed by atoms with van der Waals surface area (Å²) in [7, 11) is 5.76. The standard InChI is InChI=1S/C20H27ClN2O2/c1-5-25-19-12-15(11-17(21)20(19)24-4)13-22-18(14-23(2)3)16-9-7-6-8-10-16/h6-12,18,22H,5,13-14H2,1-4H3/t18-/m0/s1. The van der Waals surface area contributed by atoms with Crippen molar-refractivity contribution in [1.82, 2.24) is 10.2 Å². The number of likely N-dealkylation sites (N-methyl/N-ethyl adjacent to an activating group) is 1. The van der Waals surface area contributed by atoms with Crippen molar-refractivity contribution < 1.29 is 9.47 Å². The molecule has 25 heavy (non-hydrogen) atoms. The Morgan fingerprint density at radius 2 is 1.88 bits per heavy atom. The maximum absolute atomic E-state index is 6.35. The molecule has 0 radical (unpaired) electrons. The molecular weight excluding hydrogens is 336 g/mol. The Morgan fingerprint density at radius 1 is 1.16 bits per heavy atom. The summed E-state index contributed by atoms with van der Waals surface area (Å²) in [5, 5.41) is 4.19. The molecule has 0 saturated carbocycles. The van der Waals surface area contributed by atoms with Gasteiger partial charge in [0.25, 0.3) is 0 Å². The highest BCUT2D eigenvalue weighted by Crippen LogP contribution is 2.36. The molecule has 0 aliphatic rings. The molecule has 4 nitrogen and oxygen atoms in total. The molecule has 0 aromatic heterocycles. The molecule has 136 valence electrons. The van der Waals surface area contributed by atoms with E-state index in [0.717, 1.165) is 12.1 Å². The smallest absolute Gasteiger partial charge is 0.179 e. The zero-order valence-electron chi connectivity index (χ0n) is 15.4. The van der Waals surface area contributed by atoms with E-state index >= 15 is 0 Å². The molecule has 0 spiro atoms. The molecular formula is C20H27ClN2O2. The summed E-state index contributed by atoms with van der Waals surface area (Å²) in [5.41, 5.74) is 2.33. The molecule has 0 aliphatic carbocycles. The normalized spacial score (nSPS) is 12.2. The summed E-state index contributed by atoms with van der Waals surface area (Å²) in [5.74, 6) is 1.26. The van der Waals surface area contributed by atoms with Gasteiger partial charge < -0.3 is 19.7 Å². The van der Waals surface area contributed by atoms with E-state index < -0.39 is 0 Å². The minimum atomic E-state index is 0.229. The van der Waals surface area contributed by atoms with Gasteiger partial charge in [-0.1, -0.05) is 41.9 Å². The maximum atomic E-state index is 6.35. The fourth-order valence-corrected chi connectivity index (χ4v) is 3.07. The number of nitrogens with zero attached hydrogens (tertiary/aromatic N) is 1. The van der Waals surface area contributed by atoms with E-state index in [2.05, 4.69) is 48.6 Å². The van der Waals surface area contributed by atoms with Crippen LogP contribution in [0.25, 0.3) is 0 Å². The molecule has 1 N–H and O–H groups in total. The van der Waals surface area contributed by atoms with Crippen molar-refractivity contribution in [3.63, 3.8) is 0 Å². The predicted octanol–water partition coefficient (Wildman–Crippen LogP) is 4.14. The average molecular weight is 363 g/mol.